The van der Waals surface area contributed by atoms with Crippen molar-refractivity contribution < 1.29 is 0 Å². The Morgan fingerprint density at radius 1 is 0.227 bits per heavy atom. The van der Waals surface area contributed by atoms with Crippen LogP contribution in [0.4, 0.5) is 0 Å². The van der Waals surface area contributed by atoms with Crippen LogP contribution in [-0.2, 0) is 0 Å². The highest BCUT2D eigenvalue weighted by atomic mass is 14.8. The fourth-order valence-corrected chi connectivity index (χ4v) is 8.68. The summed E-state index contributed by atoms with van der Waals surface area (Å²) in [4.78, 5) is 66.1. The molecule has 15 heterocycles. The summed E-state index contributed by atoms with van der Waals surface area (Å²) in [5.41, 5.74) is 15.5. The van der Waals surface area contributed by atoms with Crippen molar-refractivity contribution >= 4 is 87.2 Å². The van der Waals surface area contributed by atoms with Crippen molar-refractivity contribution in [1.82, 2.24) is 79.7 Å². The normalized spacial score (nSPS) is 10.3. The van der Waals surface area contributed by atoms with E-state index >= 15 is 0 Å². The number of aryl methyl sites for hydroxylation is 8. The Morgan fingerprint density at radius 2 is 0.739 bits per heavy atom. The Balaban J connectivity index is 0.000000120. The maximum absolute atomic E-state index is 4.24. The number of fused-ring (bicyclic) bond motifs is 8. The van der Waals surface area contributed by atoms with Crippen molar-refractivity contribution in [2.24, 2.45) is 0 Å². The number of hydrogen-bond acceptors (Lipinski definition) is 16. The number of aromatic nitrogens is 16. The highest BCUT2D eigenvalue weighted by molar-refractivity contribution is 5.83. The van der Waals surface area contributed by atoms with Gasteiger partial charge in [-0.1, -0.05) is 18.2 Å². The average Bonchev–Trinajstić information content (AvgIpc) is 3.74. The van der Waals surface area contributed by atoms with Crippen LogP contribution in [0.3, 0.4) is 0 Å². The van der Waals surface area contributed by atoms with Crippen LogP contribution in [0.2, 0.25) is 0 Å². The van der Waals surface area contributed by atoms with Crippen LogP contribution in [0, 0.1) is 55.4 Å². The number of para-hydroxylation sites is 1. The molecule has 15 aromatic heterocycles. The predicted molar refractivity (Wildman–Crippen MR) is 354 cm³/mol. The Labute approximate surface area is 510 Å². The Hall–Kier alpha value is -11.5. The van der Waals surface area contributed by atoms with E-state index in [2.05, 4.69) is 104 Å². The zero-order valence-corrected chi connectivity index (χ0v) is 50.2. The van der Waals surface area contributed by atoms with Crippen LogP contribution in [0.25, 0.3) is 87.2 Å². The number of rotatable bonds is 0. The molecular weight excluding hydrogens is 1090 g/mol. The second-order valence-corrected chi connectivity index (χ2v) is 20.4. The third-order valence-electron chi connectivity index (χ3n) is 13.1. The first-order valence-electron chi connectivity index (χ1n) is 28.2. The third kappa shape index (κ3) is 18.0. The molecule has 0 radical (unpaired) electrons. The largest absolute Gasteiger partial charge is 0.264 e. The summed E-state index contributed by atoms with van der Waals surface area (Å²) in [7, 11) is 0. The minimum absolute atomic E-state index is 0.818. The van der Waals surface area contributed by atoms with Gasteiger partial charge in [0, 0.05) is 171 Å². The third-order valence-corrected chi connectivity index (χ3v) is 13.1. The molecule has 0 aliphatic rings. The molecule has 432 valence electrons. The molecule has 1 aromatic carbocycles. The molecule has 16 rings (SSSR count). The van der Waals surface area contributed by atoms with Gasteiger partial charge in [0.1, 0.15) is 6.33 Å². The molecule has 0 bridgehead atoms. The number of pyridine rings is 14. The summed E-state index contributed by atoms with van der Waals surface area (Å²) in [6.45, 7) is 16.0. The summed E-state index contributed by atoms with van der Waals surface area (Å²) < 4.78 is 0. The van der Waals surface area contributed by atoms with Crippen LogP contribution in [0.1, 0.15) is 45.0 Å². The van der Waals surface area contributed by atoms with Crippen LogP contribution < -0.4 is 0 Å². The van der Waals surface area contributed by atoms with Crippen LogP contribution >= 0.6 is 0 Å². The topological polar surface area (TPSA) is 206 Å². The lowest BCUT2D eigenvalue weighted by Crippen LogP contribution is -1.85. The zero-order chi connectivity index (χ0) is 61.5. The zero-order valence-electron chi connectivity index (χ0n) is 50.2. The first-order valence-corrected chi connectivity index (χ1v) is 28.2. The van der Waals surface area contributed by atoms with Gasteiger partial charge < -0.3 is 0 Å². The maximum Gasteiger partial charge on any atom is 0.159 e. The van der Waals surface area contributed by atoms with Crippen LogP contribution in [0.15, 0.2) is 245 Å². The van der Waals surface area contributed by atoms with Crippen molar-refractivity contribution in [3.63, 3.8) is 0 Å². The van der Waals surface area contributed by atoms with Gasteiger partial charge in [-0.15, -0.1) is 0 Å². The van der Waals surface area contributed by atoms with Gasteiger partial charge in [-0.05, 0) is 192 Å². The van der Waals surface area contributed by atoms with E-state index < -0.39 is 0 Å². The SMILES string of the molecule is Cc1cc2ccncc2cn1.Cc1cc2cnccc2cn1.Cc1cc2ncccc2cn1.Cc1cnc2cccnc2c1.Cc1cnc2ccncc2c1.Cc1cnc2cnccc2c1.Cc1cnc2ncccc2c1.Cc1ncnc2ccccc12. The number of benzene rings is 1. The van der Waals surface area contributed by atoms with Crippen molar-refractivity contribution in [2.75, 3.05) is 0 Å². The standard InChI is InChI=1S/8C9H8N2/c1-7-4-9-5-10-3-2-8(9)6-11-7;1-7-4-8-2-3-10-5-9(8)6-11-7;1-7-4-8-6-10-3-2-9(8)11-5-7;1-7-4-8-2-3-10-6-9(8)11-5-7;1-7-5-9-8(6-11-7)3-2-4-10-9;1-7-5-9-8(11-6-7)3-2-4-10-9;1-7-5-8-3-2-4-10-9(8)11-6-7;1-7-8-4-2-3-5-9(8)11-6-10-7/h8*2-6H,1H3. The highest BCUT2D eigenvalue weighted by Gasteiger charge is 1.99. The smallest absolute Gasteiger partial charge is 0.159 e. The molecule has 0 N–H and O–H groups in total. The molecule has 0 unspecified atom stereocenters. The molecular formula is C72H64N16. The fourth-order valence-electron chi connectivity index (χ4n) is 8.68. The molecule has 16 heteroatoms. The van der Waals surface area contributed by atoms with E-state index in [1.54, 1.807) is 55.9 Å². The van der Waals surface area contributed by atoms with E-state index in [1.165, 1.54) is 22.1 Å². The minimum atomic E-state index is 0.818. The Morgan fingerprint density at radius 3 is 1.49 bits per heavy atom. The van der Waals surface area contributed by atoms with Crippen molar-refractivity contribution in [1.29, 1.82) is 0 Å². The van der Waals surface area contributed by atoms with Gasteiger partial charge in [0.2, 0.25) is 0 Å². The number of nitrogens with zero attached hydrogens (tertiary/aromatic N) is 16. The predicted octanol–water partition coefficient (Wildman–Crippen LogP) is 15.5. The Bertz CT molecular complexity index is 4130. The fraction of sp³-hybridized carbons (Fsp3) is 0.111. The van der Waals surface area contributed by atoms with Gasteiger partial charge >= 0.3 is 0 Å². The lowest BCUT2D eigenvalue weighted by Gasteiger charge is -1.96. The molecule has 88 heavy (non-hydrogen) atoms. The summed E-state index contributed by atoms with van der Waals surface area (Å²) in [6.07, 6.45) is 34.3. The second kappa shape index (κ2) is 30.9. The molecule has 16 nitrogen and oxygen atoms in total. The molecule has 0 saturated carbocycles. The van der Waals surface area contributed by atoms with Gasteiger partial charge in [0.25, 0.3) is 0 Å². The molecule has 16 aromatic rings. The average molecular weight is 1150 g/mol. The summed E-state index contributed by atoms with van der Waals surface area (Å²) in [5, 5.41) is 10.2. The summed E-state index contributed by atoms with van der Waals surface area (Å²) >= 11 is 0. The Kier molecular flexibility index (Phi) is 21.4. The van der Waals surface area contributed by atoms with Gasteiger partial charge in [-0.25, -0.2) is 19.9 Å². The van der Waals surface area contributed by atoms with E-state index in [1.807, 2.05) is 220 Å². The van der Waals surface area contributed by atoms with Gasteiger partial charge in [0.15, 0.2) is 5.65 Å². The van der Waals surface area contributed by atoms with Gasteiger partial charge in [-0.2, -0.15) is 0 Å². The minimum Gasteiger partial charge on any atom is -0.264 e. The van der Waals surface area contributed by atoms with E-state index in [0.29, 0.717) is 0 Å². The molecule has 0 aliphatic carbocycles. The van der Waals surface area contributed by atoms with Crippen molar-refractivity contribution in [2.45, 2.75) is 55.4 Å². The second-order valence-electron chi connectivity index (χ2n) is 20.4. The molecule has 0 spiro atoms. The van der Waals surface area contributed by atoms with Gasteiger partial charge in [0.05, 0.1) is 39.3 Å². The van der Waals surface area contributed by atoms with E-state index in [0.717, 1.165) is 110 Å². The van der Waals surface area contributed by atoms with E-state index in [9.17, 15) is 0 Å². The summed E-state index contributed by atoms with van der Waals surface area (Å²) in [5.74, 6) is 0. The van der Waals surface area contributed by atoms with Crippen molar-refractivity contribution in [3.8, 4) is 0 Å². The monoisotopic (exact) mass is 1150 g/mol. The molecule has 0 fully saturated rings. The maximum atomic E-state index is 4.24. The lowest BCUT2D eigenvalue weighted by molar-refractivity contribution is 1.15. The molecule has 0 atom stereocenters. The van der Waals surface area contributed by atoms with Gasteiger partial charge in [-0.3, -0.25) is 59.8 Å². The molecule has 0 amide bonds. The molecule has 0 aliphatic heterocycles. The molecule has 0 saturated heterocycles. The first-order chi connectivity index (χ1) is 42.9. The summed E-state index contributed by atoms with van der Waals surface area (Å²) in [6, 6.07) is 41.9. The van der Waals surface area contributed by atoms with Crippen LogP contribution in [-0.4, -0.2) is 79.7 Å². The van der Waals surface area contributed by atoms with Crippen molar-refractivity contribution in [3.05, 3.63) is 290 Å². The van der Waals surface area contributed by atoms with Crippen LogP contribution in [0.5, 0.6) is 0 Å². The number of hydrogen-bond donors (Lipinski definition) is 0. The first kappa shape index (κ1) is 61.1. The lowest BCUT2D eigenvalue weighted by atomic mass is 10.2. The van der Waals surface area contributed by atoms with E-state index in [4.69, 9.17) is 0 Å². The quantitative estimate of drug-likeness (QED) is 0.138. The highest BCUT2D eigenvalue weighted by Crippen LogP contribution is 2.16. The van der Waals surface area contributed by atoms with E-state index in [-0.39, 0.29) is 0 Å².